The molecule has 0 saturated heterocycles. The van der Waals surface area contributed by atoms with Crippen molar-refractivity contribution >= 4 is 12.0 Å². The van der Waals surface area contributed by atoms with E-state index in [-0.39, 0.29) is 11.3 Å². The molecule has 1 aliphatic rings. The first-order valence-corrected chi connectivity index (χ1v) is 5.69. The van der Waals surface area contributed by atoms with E-state index in [9.17, 15) is 23.1 Å². The summed E-state index contributed by atoms with van der Waals surface area (Å²) >= 11 is 0. The van der Waals surface area contributed by atoms with Gasteiger partial charge in [-0.15, -0.1) is 0 Å². The van der Waals surface area contributed by atoms with Crippen LogP contribution in [0.15, 0.2) is 23.8 Å². The Morgan fingerprint density at radius 3 is 2.52 bits per heavy atom. The highest BCUT2D eigenvalue weighted by atomic mass is 19.4. The molecule has 0 aromatic heterocycles. The van der Waals surface area contributed by atoms with Gasteiger partial charge in [0.25, 0.3) is 0 Å². The fourth-order valence-electron chi connectivity index (χ4n) is 1.84. The molecule has 0 radical (unpaired) electrons. The Hall–Kier alpha value is -2.22. The van der Waals surface area contributed by atoms with Crippen LogP contribution in [0.25, 0.3) is 6.08 Å². The third kappa shape index (κ3) is 2.42. The Balaban J connectivity index is 2.62. The zero-order valence-electron chi connectivity index (χ0n) is 11.0. The lowest BCUT2D eigenvalue weighted by molar-refractivity contribution is -0.316. The number of ether oxygens (including phenoxy) is 3. The zero-order valence-corrected chi connectivity index (χ0v) is 11.0. The van der Waals surface area contributed by atoms with E-state index >= 15 is 0 Å². The van der Waals surface area contributed by atoms with Crippen molar-refractivity contribution < 1.29 is 37.3 Å². The van der Waals surface area contributed by atoms with Crippen LogP contribution in [0.5, 0.6) is 11.5 Å². The van der Waals surface area contributed by atoms with Crippen molar-refractivity contribution in [3.8, 4) is 11.5 Å². The average molecular weight is 304 g/mol. The van der Waals surface area contributed by atoms with Crippen LogP contribution in [-0.4, -0.2) is 37.3 Å². The lowest BCUT2D eigenvalue weighted by atomic mass is 9.98. The van der Waals surface area contributed by atoms with E-state index in [0.717, 1.165) is 13.2 Å². The number of fused-ring (bicyclic) bond motifs is 1. The summed E-state index contributed by atoms with van der Waals surface area (Å²) in [6.45, 7) is 0. The fourth-order valence-corrected chi connectivity index (χ4v) is 1.84. The van der Waals surface area contributed by atoms with Crippen LogP contribution < -0.4 is 9.47 Å². The van der Waals surface area contributed by atoms with Crippen molar-refractivity contribution in [3.63, 3.8) is 0 Å². The summed E-state index contributed by atoms with van der Waals surface area (Å²) in [5, 5.41) is 9.79. The van der Waals surface area contributed by atoms with Gasteiger partial charge in [-0.2, -0.15) is 13.2 Å². The molecule has 1 N–H and O–H groups in total. The van der Waals surface area contributed by atoms with Gasteiger partial charge >= 0.3 is 17.9 Å². The summed E-state index contributed by atoms with van der Waals surface area (Å²) in [4.78, 5) is 11.5. The van der Waals surface area contributed by atoms with Gasteiger partial charge in [-0.3, -0.25) is 0 Å². The molecule has 1 atom stereocenters. The molecule has 1 aromatic carbocycles. The second kappa shape index (κ2) is 4.96. The number of rotatable bonds is 2. The van der Waals surface area contributed by atoms with Gasteiger partial charge in [-0.1, -0.05) is 0 Å². The number of hydrogen-bond acceptors (Lipinski definition) is 5. The molecular formula is C13H11F3O5. The van der Waals surface area contributed by atoms with Crippen molar-refractivity contribution in [3.05, 3.63) is 29.3 Å². The number of benzene rings is 1. The smallest absolute Gasteiger partial charge is 0.460 e. The Morgan fingerprint density at radius 1 is 1.33 bits per heavy atom. The maximum absolute atomic E-state index is 13.1. The second-order valence-corrected chi connectivity index (χ2v) is 4.20. The number of esters is 1. The number of alkyl halides is 3. The highest BCUT2D eigenvalue weighted by Gasteiger charge is 2.63. The van der Waals surface area contributed by atoms with Crippen molar-refractivity contribution in [2.45, 2.75) is 12.0 Å². The SMILES string of the molecule is COC(=O)C1=Cc2cc(OC)ccc2OC1(O)C(F)(F)F. The summed E-state index contributed by atoms with van der Waals surface area (Å²) in [6, 6.07) is 3.94. The molecule has 0 amide bonds. The average Bonchev–Trinajstić information content (AvgIpc) is 2.44. The van der Waals surface area contributed by atoms with Crippen molar-refractivity contribution in [1.29, 1.82) is 0 Å². The molecule has 21 heavy (non-hydrogen) atoms. The van der Waals surface area contributed by atoms with Crippen molar-refractivity contribution in [1.82, 2.24) is 0 Å². The number of methoxy groups -OCH3 is 2. The Labute approximate surface area is 117 Å². The molecule has 0 fully saturated rings. The molecule has 1 aliphatic heterocycles. The lowest BCUT2D eigenvalue weighted by Gasteiger charge is -2.34. The molecule has 1 unspecified atom stereocenters. The number of aliphatic hydroxyl groups is 1. The summed E-state index contributed by atoms with van der Waals surface area (Å²) in [7, 11) is 2.28. The van der Waals surface area contributed by atoms with E-state index in [1.54, 1.807) is 0 Å². The van der Waals surface area contributed by atoms with E-state index in [1.165, 1.54) is 25.3 Å². The van der Waals surface area contributed by atoms with Gasteiger partial charge in [-0.05, 0) is 24.3 Å². The summed E-state index contributed by atoms with van der Waals surface area (Å²) < 4.78 is 53.0. The number of hydrogen-bond donors (Lipinski definition) is 1. The minimum atomic E-state index is -5.22. The Kier molecular flexibility index (Phi) is 3.58. The van der Waals surface area contributed by atoms with Crippen LogP contribution >= 0.6 is 0 Å². The first-order chi connectivity index (χ1) is 9.72. The molecule has 8 heteroatoms. The van der Waals surface area contributed by atoms with E-state index < -0.39 is 23.5 Å². The standard InChI is InChI=1S/C13H11F3O5/c1-19-8-3-4-10-7(5-8)6-9(11(17)20-2)12(18,21-10)13(14,15)16/h3-6,18H,1-2H3. The summed E-state index contributed by atoms with van der Waals surface area (Å²) in [5.41, 5.74) is -0.901. The minimum Gasteiger partial charge on any atom is -0.497 e. The highest BCUT2D eigenvalue weighted by Crippen LogP contribution is 2.44. The van der Waals surface area contributed by atoms with Crippen molar-refractivity contribution in [2.24, 2.45) is 0 Å². The Morgan fingerprint density at radius 2 is 2.00 bits per heavy atom. The lowest BCUT2D eigenvalue weighted by Crippen LogP contribution is -2.54. The van der Waals surface area contributed by atoms with E-state index in [1.807, 2.05) is 0 Å². The minimum absolute atomic E-state index is 0.156. The van der Waals surface area contributed by atoms with Crippen LogP contribution in [-0.2, 0) is 9.53 Å². The van der Waals surface area contributed by atoms with E-state index in [2.05, 4.69) is 9.47 Å². The number of carbonyl (C=O) groups is 1. The number of carbonyl (C=O) groups excluding carboxylic acids is 1. The molecule has 114 valence electrons. The summed E-state index contributed by atoms with van der Waals surface area (Å²) in [5.74, 6) is -4.98. The van der Waals surface area contributed by atoms with Crippen LogP contribution in [0.4, 0.5) is 13.2 Å². The highest BCUT2D eigenvalue weighted by molar-refractivity contribution is 5.97. The molecule has 0 bridgehead atoms. The van der Waals surface area contributed by atoms with Crippen LogP contribution in [0.1, 0.15) is 5.56 Å². The van der Waals surface area contributed by atoms with E-state index in [4.69, 9.17) is 4.74 Å². The van der Waals surface area contributed by atoms with Crippen LogP contribution in [0.3, 0.4) is 0 Å². The monoisotopic (exact) mass is 304 g/mol. The molecule has 2 rings (SSSR count). The zero-order chi connectivity index (χ0) is 15.8. The maximum atomic E-state index is 13.1. The summed E-state index contributed by atoms with van der Waals surface area (Å²) in [6.07, 6.45) is -4.36. The quantitative estimate of drug-likeness (QED) is 0.845. The molecule has 1 heterocycles. The van der Waals surface area contributed by atoms with Gasteiger partial charge in [0.05, 0.1) is 14.2 Å². The van der Waals surface area contributed by atoms with E-state index in [0.29, 0.717) is 5.75 Å². The first kappa shape index (κ1) is 15.2. The second-order valence-electron chi connectivity index (χ2n) is 4.20. The largest absolute Gasteiger partial charge is 0.497 e. The van der Waals surface area contributed by atoms with Crippen LogP contribution in [0, 0.1) is 0 Å². The van der Waals surface area contributed by atoms with Gasteiger partial charge in [0.1, 0.15) is 17.1 Å². The van der Waals surface area contributed by atoms with Crippen LogP contribution in [0.2, 0.25) is 0 Å². The fraction of sp³-hybridized carbons (Fsp3) is 0.308. The predicted octanol–water partition coefficient (Wildman–Crippen LogP) is 1.89. The van der Waals surface area contributed by atoms with Gasteiger partial charge in [0.2, 0.25) is 0 Å². The Bertz CT molecular complexity index is 608. The first-order valence-electron chi connectivity index (χ1n) is 5.69. The third-order valence-electron chi connectivity index (χ3n) is 2.93. The molecule has 0 spiro atoms. The molecule has 5 nitrogen and oxygen atoms in total. The predicted molar refractivity (Wildman–Crippen MR) is 64.6 cm³/mol. The van der Waals surface area contributed by atoms with Crippen molar-refractivity contribution in [2.75, 3.05) is 14.2 Å². The van der Waals surface area contributed by atoms with Gasteiger partial charge in [0, 0.05) is 5.56 Å². The molecule has 0 saturated carbocycles. The topological polar surface area (TPSA) is 65.0 Å². The van der Waals surface area contributed by atoms with Gasteiger partial charge in [0.15, 0.2) is 0 Å². The normalized spacial score (nSPS) is 21.0. The maximum Gasteiger partial charge on any atom is 0.460 e. The van der Waals surface area contributed by atoms with Gasteiger partial charge < -0.3 is 19.3 Å². The van der Waals surface area contributed by atoms with Gasteiger partial charge in [-0.25, -0.2) is 4.79 Å². The third-order valence-corrected chi connectivity index (χ3v) is 2.93. The molecule has 1 aromatic rings. The molecular weight excluding hydrogens is 293 g/mol. The molecule has 0 aliphatic carbocycles. The number of halogens is 3.